The highest BCUT2D eigenvalue weighted by molar-refractivity contribution is 6.25. The fourth-order valence-electron chi connectivity index (χ4n) is 4.55. The van der Waals surface area contributed by atoms with Gasteiger partial charge in [0.2, 0.25) is 11.8 Å². The van der Waals surface area contributed by atoms with Crippen molar-refractivity contribution in [2.45, 2.75) is 13.3 Å². The Hall–Kier alpha value is -2.49. The molecular weight excluding hydrogens is 288 g/mol. The van der Waals surface area contributed by atoms with Crippen molar-refractivity contribution in [3.8, 4) is 0 Å². The van der Waals surface area contributed by atoms with Crippen LogP contribution in [0.3, 0.4) is 0 Å². The van der Waals surface area contributed by atoms with Crippen molar-refractivity contribution in [1.82, 2.24) is 4.98 Å². The molecule has 4 nitrogen and oxygen atoms in total. The van der Waals surface area contributed by atoms with Gasteiger partial charge in [-0.25, -0.2) is 4.90 Å². The van der Waals surface area contributed by atoms with Crippen LogP contribution in [-0.2, 0) is 9.59 Å². The van der Waals surface area contributed by atoms with E-state index in [1.807, 2.05) is 37.3 Å². The summed E-state index contributed by atoms with van der Waals surface area (Å²) >= 11 is 0. The van der Waals surface area contributed by atoms with Crippen molar-refractivity contribution in [2.75, 3.05) is 4.90 Å². The van der Waals surface area contributed by atoms with Crippen LogP contribution in [0.15, 0.2) is 42.5 Å². The number of nitrogens with zero attached hydrogens (tertiary/aromatic N) is 2. The third-order valence-corrected chi connectivity index (χ3v) is 5.55. The topological polar surface area (TPSA) is 50.3 Å². The van der Waals surface area contributed by atoms with Crippen molar-refractivity contribution in [1.29, 1.82) is 0 Å². The average Bonchev–Trinajstić information content (AvgIpc) is 3.21. The van der Waals surface area contributed by atoms with Gasteiger partial charge >= 0.3 is 0 Å². The van der Waals surface area contributed by atoms with Crippen LogP contribution in [-0.4, -0.2) is 16.8 Å². The number of aromatic nitrogens is 1. The zero-order valence-corrected chi connectivity index (χ0v) is 12.8. The van der Waals surface area contributed by atoms with E-state index in [0.29, 0.717) is 5.69 Å². The van der Waals surface area contributed by atoms with E-state index in [-0.39, 0.29) is 35.5 Å². The second-order valence-corrected chi connectivity index (χ2v) is 6.81. The van der Waals surface area contributed by atoms with Gasteiger partial charge < -0.3 is 0 Å². The Labute approximate surface area is 133 Å². The second kappa shape index (κ2) is 4.28. The lowest BCUT2D eigenvalue weighted by Crippen LogP contribution is -2.33. The maximum absolute atomic E-state index is 13.0. The van der Waals surface area contributed by atoms with Crippen LogP contribution in [0.4, 0.5) is 5.69 Å². The molecule has 1 saturated carbocycles. The summed E-state index contributed by atoms with van der Waals surface area (Å²) in [5.41, 5.74) is 2.25. The van der Waals surface area contributed by atoms with E-state index in [0.717, 1.165) is 23.0 Å². The molecule has 3 aliphatic rings. The van der Waals surface area contributed by atoms with Crippen molar-refractivity contribution in [3.63, 3.8) is 0 Å². The number of allylic oxidation sites excluding steroid dienone is 2. The molecule has 0 radical (unpaired) electrons. The summed E-state index contributed by atoms with van der Waals surface area (Å²) in [4.78, 5) is 31.9. The molecule has 0 N–H and O–H groups in total. The van der Waals surface area contributed by atoms with Crippen LogP contribution in [0.2, 0.25) is 0 Å². The Morgan fingerprint density at radius 3 is 2.39 bits per heavy atom. The van der Waals surface area contributed by atoms with E-state index >= 15 is 0 Å². The normalized spacial score (nSPS) is 31.4. The van der Waals surface area contributed by atoms with Gasteiger partial charge in [0.1, 0.15) is 0 Å². The number of fused-ring (bicyclic) bond motifs is 6. The van der Waals surface area contributed by atoms with Crippen LogP contribution < -0.4 is 4.90 Å². The van der Waals surface area contributed by atoms with Gasteiger partial charge in [-0.15, -0.1) is 0 Å². The van der Waals surface area contributed by atoms with Crippen molar-refractivity contribution < 1.29 is 9.59 Å². The lowest BCUT2D eigenvalue weighted by atomic mass is 9.85. The summed E-state index contributed by atoms with van der Waals surface area (Å²) < 4.78 is 0. The summed E-state index contributed by atoms with van der Waals surface area (Å²) in [5.74, 6) is 0.0303. The number of imide groups is 1. The molecule has 1 aliphatic heterocycles. The van der Waals surface area contributed by atoms with Gasteiger partial charge in [-0.3, -0.25) is 14.6 Å². The number of benzene rings is 1. The number of hydrogen-bond donors (Lipinski definition) is 0. The zero-order valence-electron chi connectivity index (χ0n) is 12.8. The highest BCUT2D eigenvalue weighted by Gasteiger charge is 2.59. The van der Waals surface area contributed by atoms with Gasteiger partial charge in [0.25, 0.3) is 0 Å². The van der Waals surface area contributed by atoms with Crippen LogP contribution >= 0.6 is 0 Å². The van der Waals surface area contributed by atoms with Gasteiger partial charge in [0.05, 0.1) is 23.0 Å². The summed E-state index contributed by atoms with van der Waals surface area (Å²) in [7, 11) is 0. The monoisotopic (exact) mass is 304 g/mol. The Bertz CT molecular complexity index is 871. The number of carbonyl (C=O) groups is 2. The lowest BCUT2D eigenvalue weighted by molar-refractivity contribution is -0.123. The zero-order chi connectivity index (χ0) is 15.7. The van der Waals surface area contributed by atoms with Gasteiger partial charge in [-0.1, -0.05) is 30.4 Å². The first kappa shape index (κ1) is 13.0. The number of carbonyl (C=O) groups excluding carboxylic acids is 2. The lowest BCUT2D eigenvalue weighted by Gasteiger charge is -2.18. The van der Waals surface area contributed by atoms with E-state index in [1.54, 1.807) is 0 Å². The van der Waals surface area contributed by atoms with Gasteiger partial charge in [0.15, 0.2) is 0 Å². The second-order valence-electron chi connectivity index (χ2n) is 6.81. The summed E-state index contributed by atoms with van der Waals surface area (Å²) in [6.45, 7) is 1.92. The number of rotatable bonds is 1. The Kier molecular flexibility index (Phi) is 2.42. The molecule has 23 heavy (non-hydrogen) atoms. The number of anilines is 1. The molecule has 114 valence electrons. The third-order valence-electron chi connectivity index (χ3n) is 5.55. The quantitative estimate of drug-likeness (QED) is 0.601. The Morgan fingerprint density at radius 1 is 1.00 bits per heavy atom. The summed E-state index contributed by atoms with van der Waals surface area (Å²) in [6.07, 6.45) is 5.19. The van der Waals surface area contributed by atoms with E-state index in [4.69, 9.17) is 0 Å². The molecule has 4 atom stereocenters. The maximum Gasteiger partial charge on any atom is 0.238 e. The average molecular weight is 304 g/mol. The largest absolute Gasteiger partial charge is 0.274 e. The van der Waals surface area contributed by atoms with Crippen molar-refractivity contribution >= 4 is 28.4 Å². The molecule has 2 amide bonds. The van der Waals surface area contributed by atoms with Crippen LogP contribution in [0, 0.1) is 30.6 Å². The molecular formula is C19H16N2O2. The molecule has 5 rings (SSSR count). The molecule has 1 saturated heterocycles. The Balaban J connectivity index is 1.68. The first-order valence-electron chi connectivity index (χ1n) is 8.07. The van der Waals surface area contributed by atoms with Gasteiger partial charge in [-0.05, 0) is 37.3 Å². The maximum atomic E-state index is 13.0. The fourth-order valence-corrected chi connectivity index (χ4v) is 4.55. The molecule has 0 spiro atoms. The first-order valence-corrected chi connectivity index (χ1v) is 8.07. The van der Waals surface area contributed by atoms with Crippen molar-refractivity contribution in [2.24, 2.45) is 23.7 Å². The highest BCUT2D eigenvalue weighted by Crippen LogP contribution is 2.53. The molecule has 1 aromatic carbocycles. The summed E-state index contributed by atoms with van der Waals surface area (Å²) in [6, 6.07) is 9.61. The molecule has 2 heterocycles. The van der Waals surface area contributed by atoms with Crippen LogP contribution in [0.1, 0.15) is 12.1 Å². The fraction of sp³-hybridized carbons (Fsp3) is 0.316. The van der Waals surface area contributed by atoms with E-state index in [1.165, 1.54) is 4.90 Å². The number of pyridine rings is 1. The number of para-hydroxylation sites is 1. The molecule has 2 aliphatic carbocycles. The molecule has 4 heteroatoms. The molecule has 0 unspecified atom stereocenters. The molecule has 2 bridgehead atoms. The predicted octanol–water partition coefficient (Wildman–Crippen LogP) is 2.85. The van der Waals surface area contributed by atoms with E-state index < -0.39 is 0 Å². The van der Waals surface area contributed by atoms with E-state index in [9.17, 15) is 9.59 Å². The Morgan fingerprint density at radius 2 is 1.70 bits per heavy atom. The van der Waals surface area contributed by atoms with Gasteiger partial charge in [0, 0.05) is 11.1 Å². The molecule has 1 aromatic heterocycles. The van der Waals surface area contributed by atoms with Gasteiger partial charge in [-0.2, -0.15) is 0 Å². The standard InChI is InChI=1S/C19H16N2O2/c1-10-5-6-11-3-2-4-14(17(11)20-10)21-18(22)15-12-7-8-13(9-12)16(15)19(21)23/h2-8,12-13,15-16H,9H2,1H3/t12-,13+,15-,16+. The first-order chi connectivity index (χ1) is 11.1. The summed E-state index contributed by atoms with van der Waals surface area (Å²) in [5, 5.41) is 0.951. The highest BCUT2D eigenvalue weighted by atomic mass is 16.2. The minimum absolute atomic E-state index is 0.0485. The number of amides is 2. The predicted molar refractivity (Wildman–Crippen MR) is 86.7 cm³/mol. The van der Waals surface area contributed by atoms with Crippen LogP contribution in [0.5, 0.6) is 0 Å². The number of hydrogen-bond acceptors (Lipinski definition) is 3. The van der Waals surface area contributed by atoms with E-state index in [2.05, 4.69) is 17.1 Å². The smallest absolute Gasteiger partial charge is 0.238 e. The minimum atomic E-state index is -0.169. The minimum Gasteiger partial charge on any atom is -0.274 e. The molecule has 2 fully saturated rings. The molecule has 2 aromatic rings. The van der Waals surface area contributed by atoms with Crippen molar-refractivity contribution in [3.05, 3.63) is 48.2 Å². The number of aryl methyl sites for hydroxylation is 1. The third kappa shape index (κ3) is 1.58. The SMILES string of the molecule is Cc1ccc2cccc(N3C(=O)[C@@H]4[C@H](C3=O)[C@@H]3C=C[C@H]4C3)c2n1. The van der Waals surface area contributed by atoms with Crippen LogP contribution in [0.25, 0.3) is 10.9 Å².